The molecule has 0 aliphatic rings. The van der Waals surface area contributed by atoms with Gasteiger partial charge in [-0.05, 0) is 0 Å². The molecule has 6 heteroatoms. The van der Waals surface area contributed by atoms with Crippen molar-refractivity contribution in [1.82, 2.24) is 4.90 Å². The fourth-order valence-corrected chi connectivity index (χ4v) is 1.62. The van der Waals surface area contributed by atoms with Crippen LogP contribution in [0.1, 0.15) is 20.3 Å². The van der Waals surface area contributed by atoms with Crippen molar-refractivity contribution in [2.75, 3.05) is 19.6 Å². The molecule has 0 aromatic heterocycles. The first-order valence-corrected chi connectivity index (χ1v) is 5.70. The molecule has 0 amide bonds. The number of hydrogen-bond donors (Lipinski definition) is 0. The predicted octanol–water partition coefficient (Wildman–Crippen LogP) is 1.75. The van der Waals surface area contributed by atoms with Gasteiger partial charge >= 0.3 is 96.3 Å². The van der Waals surface area contributed by atoms with E-state index in [1.165, 1.54) is 0 Å². The van der Waals surface area contributed by atoms with Gasteiger partial charge in [-0.2, -0.15) is 0 Å². The molecule has 14 heavy (non-hydrogen) atoms. The van der Waals surface area contributed by atoms with E-state index in [0.717, 1.165) is 13.1 Å². The van der Waals surface area contributed by atoms with Gasteiger partial charge in [-0.3, -0.25) is 0 Å². The number of halogens is 3. The second-order valence-electron chi connectivity index (χ2n) is 3.05. The molecule has 0 rings (SSSR count). The molecule has 0 fully saturated rings. The summed E-state index contributed by atoms with van der Waals surface area (Å²) in [6.45, 7) is 5.72. The maximum absolute atomic E-state index is 12.1. The van der Waals surface area contributed by atoms with E-state index < -0.39 is 18.7 Å². The van der Waals surface area contributed by atoms with Crippen molar-refractivity contribution in [3.8, 4) is 0 Å². The van der Waals surface area contributed by atoms with E-state index in [2.05, 4.69) is 0 Å². The predicted molar refractivity (Wildman–Crippen MR) is 49.1 cm³/mol. The molecule has 0 aromatic rings. The third-order valence-electron chi connectivity index (χ3n) is 1.98. The van der Waals surface area contributed by atoms with Crippen molar-refractivity contribution in [3.05, 3.63) is 0 Å². The first-order valence-electron chi connectivity index (χ1n) is 4.54. The first-order chi connectivity index (χ1) is 6.42. The molecule has 0 spiro atoms. The van der Waals surface area contributed by atoms with E-state index in [9.17, 15) is 13.2 Å². The summed E-state index contributed by atoms with van der Waals surface area (Å²) in [5, 5.41) is 0. The van der Waals surface area contributed by atoms with Crippen molar-refractivity contribution >= 4 is 22.9 Å². The van der Waals surface area contributed by atoms with E-state index in [-0.39, 0.29) is 0 Å². The van der Waals surface area contributed by atoms with Crippen molar-refractivity contribution in [3.63, 3.8) is 0 Å². The zero-order valence-corrected chi connectivity index (χ0v) is 11.2. The van der Waals surface area contributed by atoms with Crippen LogP contribution in [-0.4, -0.2) is 59.8 Å². The fraction of sp³-hybridized carbons (Fsp3) is 1.00. The summed E-state index contributed by atoms with van der Waals surface area (Å²) in [4.78, 5) is 1.93. The van der Waals surface area contributed by atoms with E-state index >= 15 is 0 Å². The molecule has 0 aliphatic heterocycles. The van der Waals surface area contributed by atoms with Crippen LogP contribution >= 0.6 is 0 Å². The molecule has 0 bridgehead atoms. The molecule has 0 saturated carbocycles. The average Bonchev–Trinajstić information content (AvgIpc) is 2.10. The first kappa shape index (κ1) is 14.5. The van der Waals surface area contributed by atoms with Crippen LogP contribution in [-0.2, 0) is 3.07 Å². The molecule has 2 nitrogen and oxygen atoms in total. The van der Waals surface area contributed by atoms with Crippen molar-refractivity contribution in [2.45, 2.75) is 32.5 Å². The zero-order valence-electron chi connectivity index (χ0n) is 8.40. The quantitative estimate of drug-likeness (QED) is 0.692. The van der Waals surface area contributed by atoms with Gasteiger partial charge in [0.25, 0.3) is 0 Å². The van der Waals surface area contributed by atoms with Crippen LogP contribution < -0.4 is 0 Å². The monoisotopic (exact) mass is 318 g/mol. The Hall–Kier alpha value is 0.509. The number of hydrogen-bond acceptors (Lipinski definition) is 2. The van der Waals surface area contributed by atoms with Crippen LogP contribution in [0.15, 0.2) is 0 Å². The third kappa shape index (κ3) is 6.89. The number of nitrogens with zero attached hydrogens (tertiary/aromatic N) is 1. The molecule has 0 heterocycles. The van der Waals surface area contributed by atoms with Gasteiger partial charge in [0.05, 0.1) is 0 Å². The second kappa shape index (κ2) is 6.89. The summed E-state index contributed by atoms with van der Waals surface area (Å²) in [6, 6.07) is 0. The molecule has 0 aromatic carbocycles. The van der Waals surface area contributed by atoms with Gasteiger partial charge in [0.1, 0.15) is 0 Å². The van der Waals surface area contributed by atoms with E-state index in [1.54, 1.807) is 0 Å². The molecule has 0 aliphatic carbocycles. The number of likely N-dealkylation sites (N-methyl/N-ethyl adjacent to an activating group) is 1. The Balaban J connectivity index is 4.01. The Labute approximate surface area is 96.4 Å². The molecule has 3 radical (unpaired) electrons. The maximum atomic E-state index is 12.1. The average molecular weight is 317 g/mol. The van der Waals surface area contributed by atoms with E-state index in [0.29, 0.717) is 29.5 Å². The molecule has 83 valence electrons. The summed E-state index contributed by atoms with van der Waals surface area (Å²) < 4.78 is 41.1. The van der Waals surface area contributed by atoms with Crippen LogP contribution in [0.4, 0.5) is 13.2 Å². The summed E-state index contributed by atoms with van der Waals surface area (Å²) in [5.74, 6) is 0. The van der Waals surface area contributed by atoms with Crippen LogP contribution in [0.25, 0.3) is 0 Å². The molecular weight excluding hydrogens is 302 g/mol. The third-order valence-corrected chi connectivity index (χ3v) is 2.93. The van der Waals surface area contributed by atoms with Gasteiger partial charge < -0.3 is 0 Å². The van der Waals surface area contributed by atoms with Crippen LogP contribution in [0.2, 0.25) is 0 Å². The Bertz CT molecular complexity index is 150. The normalized spacial score (nSPS) is 14.8. The van der Waals surface area contributed by atoms with Crippen LogP contribution in [0.5, 0.6) is 0 Å². The summed E-state index contributed by atoms with van der Waals surface area (Å²) in [6.07, 6.45) is -5.70. The molecular formula is C8H15F3NOSn. The molecule has 0 N–H and O–H groups in total. The zero-order chi connectivity index (χ0) is 11.2. The van der Waals surface area contributed by atoms with Crippen molar-refractivity contribution in [1.29, 1.82) is 0 Å². The number of rotatable bonds is 6. The Morgan fingerprint density at radius 3 is 2.07 bits per heavy atom. The standard InChI is InChI=1S/C8H15F3NO.Sn/c1-3-12(4-2)6-7(13)5-8(9,10)11;/h7H,3-6H2,1-2H3;/q-1;+1. The van der Waals surface area contributed by atoms with Gasteiger partial charge in [-0.25, -0.2) is 0 Å². The van der Waals surface area contributed by atoms with Gasteiger partial charge in [0, 0.05) is 0 Å². The van der Waals surface area contributed by atoms with Gasteiger partial charge in [-0.1, -0.05) is 0 Å². The Kier molecular flexibility index (Phi) is 7.15. The van der Waals surface area contributed by atoms with E-state index in [1.807, 2.05) is 18.7 Å². The van der Waals surface area contributed by atoms with Gasteiger partial charge in [-0.15, -0.1) is 0 Å². The minimum atomic E-state index is -4.13. The molecule has 0 saturated heterocycles. The fourth-order valence-electron chi connectivity index (χ4n) is 1.17. The van der Waals surface area contributed by atoms with Crippen molar-refractivity contribution in [2.24, 2.45) is 0 Å². The van der Waals surface area contributed by atoms with E-state index in [4.69, 9.17) is 3.07 Å². The Morgan fingerprint density at radius 1 is 1.29 bits per heavy atom. The summed E-state index contributed by atoms with van der Waals surface area (Å²) in [7, 11) is 0. The van der Waals surface area contributed by atoms with Crippen molar-refractivity contribution < 1.29 is 16.2 Å². The molecule has 1 unspecified atom stereocenters. The SMILES string of the molecule is CCN(CC)CC(CC(F)(F)F)[O][Sn]. The van der Waals surface area contributed by atoms with Crippen LogP contribution in [0.3, 0.4) is 0 Å². The Morgan fingerprint density at radius 2 is 1.79 bits per heavy atom. The minimum absolute atomic E-state index is 0.359. The van der Waals surface area contributed by atoms with Gasteiger partial charge in [0.15, 0.2) is 0 Å². The van der Waals surface area contributed by atoms with Crippen LogP contribution in [0, 0.1) is 0 Å². The molecule has 1 atom stereocenters. The van der Waals surface area contributed by atoms with Gasteiger partial charge in [0.2, 0.25) is 0 Å². The summed E-state index contributed by atoms with van der Waals surface area (Å²) >= 11 is 0.691. The topological polar surface area (TPSA) is 12.5 Å². The second-order valence-corrected chi connectivity index (χ2v) is 3.72. The number of alkyl halides is 3. The summed E-state index contributed by atoms with van der Waals surface area (Å²) in [5.41, 5.74) is 0.